The van der Waals surface area contributed by atoms with Gasteiger partial charge in [0.15, 0.2) is 0 Å². The summed E-state index contributed by atoms with van der Waals surface area (Å²) in [5, 5.41) is 6.43. The zero-order valence-electron chi connectivity index (χ0n) is 14.0. The minimum Gasteiger partial charge on any atom is -0.372 e. The maximum Gasteiger partial charge on any atom is 0.315 e. The van der Waals surface area contributed by atoms with Crippen molar-refractivity contribution in [3.8, 4) is 0 Å². The second-order valence-corrected chi connectivity index (χ2v) is 6.02. The van der Waals surface area contributed by atoms with E-state index >= 15 is 0 Å². The third-order valence-corrected chi connectivity index (χ3v) is 4.41. The molecule has 0 saturated heterocycles. The Morgan fingerprint density at radius 3 is 2.33 bits per heavy atom. The van der Waals surface area contributed by atoms with E-state index in [-0.39, 0.29) is 6.03 Å². The number of benzene rings is 2. The molecule has 128 valence electrons. The fourth-order valence-corrected chi connectivity index (χ4v) is 2.70. The molecule has 4 nitrogen and oxygen atoms in total. The van der Waals surface area contributed by atoms with Gasteiger partial charge in [0.25, 0.3) is 0 Å². The number of nitrogens with one attached hydrogen (secondary N) is 2. The number of hydrogen-bond acceptors (Lipinski definition) is 2. The summed E-state index contributed by atoms with van der Waals surface area (Å²) >= 11 is 5.85. The van der Waals surface area contributed by atoms with Crippen molar-refractivity contribution in [2.45, 2.75) is 25.5 Å². The first-order valence-electron chi connectivity index (χ1n) is 7.96. The van der Waals surface area contributed by atoms with Gasteiger partial charge in [-0.15, -0.1) is 0 Å². The molecule has 0 radical (unpaired) electrons. The Morgan fingerprint density at radius 1 is 1.08 bits per heavy atom. The van der Waals surface area contributed by atoms with Crippen LogP contribution in [0.1, 0.15) is 24.5 Å². The van der Waals surface area contributed by atoms with Crippen LogP contribution in [0.5, 0.6) is 0 Å². The van der Waals surface area contributed by atoms with Gasteiger partial charge in [-0.05, 0) is 29.7 Å². The lowest BCUT2D eigenvalue weighted by Gasteiger charge is -2.32. The smallest absolute Gasteiger partial charge is 0.315 e. The predicted molar refractivity (Wildman–Crippen MR) is 97.1 cm³/mol. The summed E-state index contributed by atoms with van der Waals surface area (Å²) in [6, 6.07) is 17.1. The maximum absolute atomic E-state index is 12.1. The number of hydrogen-bond donors (Lipinski definition) is 2. The zero-order valence-corrected chi connectivity index (χ0v) is 14.8. The molecule has 2 aromatic carbocycles. The summed E-state index contributed by atoms with van der Waals surface area (Å²) in [6.45, 7) is 2.89. The lowest BCUT2D eigenvalue weighted by atomic mass is 9.91. The molecule has 2 amide bonds. The molecule has 0 spiro atoms. The molecule has 0 aliphatic heterocycles. The molecular formula is C19H23ClN2O2. The third kappa shape index (κ3) is 4.73. The van der Waals surface area contributed by atoms with Crippen LogP contribution in [0.3, 0.4) is 0 Å². The first-order valence-corrected chi connectivity index (χ1v) is 8.34. The van der Waals surface area contributed by atoms with Gasteiger partial charge in [-0.1, -0.05) is 61.0 Å². The third-order valence-electron chi connectivity index (χ3n) is 4.16. The Kier molecular flexibility index (Phi) is 6.64. The van der Waals surface area contributed by atoms with Crippen LogP contribution in [0.15, 0.2) is 54.6 Å². The van der Waals surface area contributed by atoms with Crippen molar-refractivity contribution in [1.29, 1.82) is 0 Å². The summed E-state index contributed by atoms with van der Waals surface area (Å²) in [5.41, 5.74) is 1.51. The van der Waals surface area contributed by atoms with Crippen molar-refractivity contribution < 1.29 is 9.53 Å². The lowest BCUT2D eigenvalue weighted by Crippen LogP contribution is -2.45. The van der Waals surface area contributed by atoms with E-state index in [1.54, 1.807) is 19.2 Å². The number of halogens is 1. The first kappa shape index (κ1) is 18.3. The van der Waals surface area contributed by atoms with Crippen LogP contribution in [0, 0.1) is 0 Å². The summed E-state index contributed by atoms with van der Waals surface area (Å²) in [4.78, 5) is 12.1. The number of carbonyl (C=O) groups is 1. The SMILES string of the molecule is CC[C@](CNC(=O)NCc1ccc(Cl)cc1)(OC)c1ccccc1. The summed E-state index contributed by atoms with van der Waals surface area (Å²) in [6.07, 6.45) is 0.755. The van der Waals surface area contributed by atoms with Crippen LogP contribution in [-0.2, 0) is 16.9 Å². The fourth-order valence-electron chi connectivity index (χ4n) is 2.58. The molecule has 2 aromatic rings. The number of rotatable bonds is 7. The summed E-state index contributed by atoms with van der Waals surface area (Å²) in [5.74, 6) is 0. The predicted octanol–water partition coefficient (Wildman–Crippen LogP) is 4.09. The topological polar surface area (TPSA) is 50.4 Å². The molecule has 2 N–H and O–H groups in total. The number of amides is 2. The van der Waals surface area contributed by atoms with E-state index in [1.165, 1.54) is 0 Å². The van der Waals surface area contributed by atoms with Gasteiger partial charge in [-0.2, -0.15) is 0 Å². The quantitative estimate of drug-likeness (QED) is 0.793. The van der Waals surface area contributed by atoms with Gasteiger partial charge in [0.05, 0.1) is 6.54 Å². The van der Waals surface area contributed by atoms with Crippen molar-refractivity contribution >= 4 is 17.6 Å². The van der Waals surface area contributed by atoms with Crippen LogP contribution in [0.2, 0.25) is 5.02 Å². The molecule has 5 heteroatoms. The Bertz CT molecular complexity index is 640. The van der Waals surface area contributed by atoms with E-state index in [9.17, 15) is 4.79 Å². The van der Waals surface area contributed by atoms with E-state index in [0.29, 0.717) is 18.1 Å². The van der Waals surface area contributed by atoms with Crippen molar-refractivity contribution in [3.05, 3.63) is 70.7 Å². The number of urea groups is 1. The van der Waals surface area contributed by atoms with Crippen LogP contribution < -0.4 is 10.6 Å². The van der Waals surface area contributed by atoms with Crippen molar-refractivity contribution in [1.82, 2.24) is 10.6 Å². The second-order valence-electron chi connectivity index (χ2n) is 5.58. The van der Waals surface area contributed by atoms with Gasteiger partial charge in [0, 0.05) is 18.7 Å². The van der Waals surface area contributed by atoms with E-state index in [1.807, 2.05) is 49.4 Å². The molecule has 1 atom stereocenters. The Balaban J connectivity index is 1.92. The molecule has 0 saturated carbocycles. The monoisotopic (exact) mass is 346 g/mol. The molecule has 0 fully saturated rings. The van der Waals surface area contributed by atoms with Gasteiger partial charge < -0.3 is 15.4 Å². The molecular weight excluding hydrogens is 324 g/mol. The van der Waals surface area contributed by atoms with Gasteiger partial charge in [0.1, 0.15) is 5.60 Å². The van der Waals surface area contributed by atoms with Gasteiger partial charge in [0.2, 0.25) is 0 Å². The van der Waals surface area contributed by atoms with Gasteiger partial charge >= 0.3 is 6.03 Å². The zero-order chi connectivity index (χ0) is 17.4. The second kappa shape index (κ2) is 8.71. The molecule has 0 aromatic heterocycles. The minimum absolute atomic E-state index is 0.226. The molecule has 0 aliphatic rings. The highest BCUT2D eigenvalue weighted by molar-refractivity contribution is 6.30. The summed E-state index contributed by atoms with van der Waals surface area (Å²) < 4.78 is 5.74. The average Bonchev–Trinajstić information content (AvgIpc) is 2.63. The largest absolute Gasteiger partial charge is 0.372 e. The highest BCUT2D eigenvalue weighted by atomic mass is 35.5. The number of carbonyl (C=O) groups excluding carboxylic acids is 1. The van der Waals surface area contributed by atoms with Crippen molar-refractivity contribution in [2.24, 2.45) is 0 Å². The average molecular weight is 347 g/mol. The van der Waals surface area contributed by atoms with E-state index < -0.39 is 5.60 Å². The molecule has 0 aliphatic carbocycles. The highest BCUT2D eigenvalue weighted by Crippen LogP contribution is 2.27. The first-order chi connectivity index (χ1) is 11.6. The number of ether oxygens (including phenoxy) is 1. The van der Waals surface area contributed by atoms with Gasteiger partial charge in [-0.25, -0.2) is 4.79 Å². The Labute approximate surface area is 148 Å². The normalized spacial score (nSPS) is 13.1. The van der Waals surface area contributed by atoms with E-state index in [4.69, 9.17) is 16.3 Å². The molecule has 0 heterocycles. The molecule has 0 unspecified atom stereocenters. The van der Waals surface area contributed by atoms with Crippen LogP contribution >= 0.6 is 11.6 Å². The molecule has 2 rings (SSSR count). The maximum atomic E-state index is 12.1. The van der Waals surface area contributed by atoms with Crippen molar-refractivity contribution in [3.63, 3.8) is 0 Å². The Morgan fingerprint density at radius 2 is 1.75 bits per heavy atom. The van der Waals surface area contributed by atoms with Crippen LogP contribution in [0.25, 0.3) is 0 Å². The van der Waals surface area contributed by atoms with E-state index in [2.05, 4.69) is 10.6 Å². The Hall–Kier alpha value is -2.04. The van der Waals surface area contributed by atoms with Crippen LogP contribution in [-0.4, -0.2) is 19.7 Å². The molecule has 24 heavy (non-hydrogen) atoms. The fraction of sp³-hybridized carbons (Fsp3) is 0.316. The van der Waals surface area contributed by atoms with Crippen molar-refractivity contribution in [2.75, 3.05) is 13.7 Å². The van der Waals surface area contributed by atoms with Gasteiger partial charge in [-0.3, -0.25) is 0 Å². The summed E-state index contributed by atoms with van der Waals surface area (Å²) in [7, 11) is 1.67. The highest BCUT2D eigenvalue weighted by Gasteiger charge is 2.30. The lowest BCUT2D eigenvalue weighted by molar-refractivity contribution is -0.0152. The standard InChI is InChI=1S/C19H23ClN2O2/c1-3-19(24-2,16-7-5-4-6-8-16)14-22-18(23)21-13-15-9-11-17(20)12-10-15/h4-12H,3,13-14H2,1-2H3,(H2,21,22,23)/t19-/m1/s1. The minimum atomic E-state index is -0.529. The van der Waals surface area contributed by atoms with E-state index in [0.717, 1.165) is 17.5 Å². The number of methoxy groups -OCH3 is 1. The van der Waals surface area contributed by atoms with Crippen LogP contribution in [0.4, 0.5) is 4.79 Å². The molecule has 0 bridgehead atoms.